The van der Waals surface area contributed by atoms with Gasteiger partial charge in [0.1, 0.15) is 0 Å². The van der Waals surface area contributed by atoms with Crippen molar-refractivity contribution in [1.29, 1.82) is 0 Å². The van der Waals surface area contributed by atoms with Crippen molar-refractivity contribution >= 4 is 5.91 Å². The standard InChI is InChI=1S/C18H27N3O/c1-2-15-4-3-5-16(12-15)13-18(22)21-9-6-17(14-21)20-10-7-19-8-11-20/h3-5,12,17,19H,2,6-11,13-14H2,1H3. The van der Waals surface area contributed by atoms with Gasteiger partial charge in [-0.25, -0.2) is 0 Å². The van der Waals surface area contributed by atoms with Crippen molar-refractivity contribution in [2.75, 3.05) is 39.3 Å². The van der Waals surface area contributed by atoms with Crippen molar-refractivity contribution in [3.63, 3.8) is 0 Å². The Morgan fingerprint density at radius 3 is 2.77 bits per heavy atom. The molecular weight excluding hydrogens is 274 g/mol. The fourth-order valence-corrected chi connectivity index (χ4v) is 3.56. The summed E-state index contributed by atoms with van der Waals surface area (Å²) in [4.78, 5) is 17.1. The number of benzene rings is 1. The monoisotopic (exact) mass is 301 g/mol. The molecule has 1 atom stereocenters. The molecule has 2 aliphatic heterocycles. The molecule has 4 heteroatoms. The van der Waals surface area contributed by atoms with Crippen LogP contribution in [0.15, 0.2) is 24.3 Å². The summed E-state index contributed by atoms with van der Waals surface area (Å²) in [7, 11) is 0. The molecule has 2 saturated heterocycles. The SMILES string of the molecule is CCc1cccc(CC(=O)N2CCC(N3CCNCC3)C2)c1. The molecule has 0 bridgehead atoms. The summed E-state index contributed by atoms with van der Waals surface area (Å²) < 4.78 is 0. The van der Waals surface area contributed by atoms with Gasteiger partial charge in [-0.05, 0) is 24.0 Å². The van der Waals surface area contributed by atoms with Crippen LogP contribution in [0.3, 0.4) is 0 Å². The van der Waals surface area contributed by atoms with Crippen molar-refractivity contribution < 1.29 is 4.79 Å². The molecule has 0 aliphatic carbocycles. The Bertz CT molecular complexity index is 511. The van der Waals surface area contributed by atoms with Gasteiger partial charge in [-0.2, -0.15) is 0 Å². The molecule has 0 radical (unpaired) electrons. The lowest BCUT2D eigenvalue weighted by molar-refractivity contribution is -0.129. The first-order valence-electron chi connectivity index (χ1n) is 8.56. The molecule has 0 aromatic heterocycles. The second-order valence-corrected chi connectivity index (χ2v) is 6.42. The Kier molecular flexibility index (Phi) is 5.11. The van der Waals surface area contributed by atoms with E-state index in [4.69, 9.17) is 0 Å². The number of carbonyl (C=O) groups excluding carboxylic acids is 1. The number of nitrogens with zero attached hydrogens (tertiary/aromatic N) is 2. The molecule has 4 nitrogen and oxygen atoms in total. The maximum Gasteiger partial charge on any atom is 0.227 e. The predicted molar refractivity (Wildman–Crippen MR) is 89.0 cm³/mol. The smallest absolute Gasteiger partial charge is 0.227 e. The molecule has 22 heavy (non-hydrogen) atoms. The van der Waals surface area contributed by atoms with Gasteiger partial charge in [-0.3, -0.25) is 9.69 Å². The van der Waals surface area contributed by atoms with Crippen LogP contribution >= 0.6 is 0 Å². The Hall–Kier alpha value is -1.39. The maximum absolute atomic E-state index is 12.5. The Balaban J connectivity index is 1.54. The van der Waals surface area contributed by atoms with Crippen LogP contribution in [0.25, 0.3) is 0 Å². The minimum Gasteiger partial charge on any atom is -0.341 e. The summed E-state index contributed by atoms with van der Waals surface area (Å²) in [6, 6.07) is 9.00. The third-order valence-corrected chi connectivity index (χ3v) is 4.94. The Labute approximate surface area is 133 Å². The summed E-state index contributed by atoms with van der Waals surface area (Å²) in [6.45, 7) is 8.37. The Morgan fingerprint density at radius 1 is 1.23 bits per heavy atom. The van der Waals surface area contributed by atoms with E-state index < -0.39 is 0 Å². The van der Waals surface area contributed by atoms with Crippen molar-refractivity contribution in [3.8, 4) is 0 Å². The van der Waals surface area contributed by atoms with Crippen LogP contribution in [-0.4, -0.2) is 61.0 Å². The second kappa shape index (κ2) is 7.25. The highest BCUT2D eigenvalue weighted by Crippen LogP contribution is 2.18. The molecule has 1 aromatic carbocycles. The van der Waals surface area contributed by atoms with E-state index in [0.717, 1.165) is 57.7 Å². The quantitative estimate of drug-likeness (QED) is 0.910. The largest absolute Gasteiger partial charge is 0.341 e. The normalized spacial score (nSPS) is 23.0. The van der Waals surface area contributed by atoms with Crippen LogP contribution in [-0.2, 0) is 17.6 Å². The van der Waals surface area contributed by atoms with E-state index in [-0.39, 0.29) is 5.91 Å². The summed E-state index contributed by atoms with van der Waals surface area (Å²) in [6.07, 6.45) is 2.69. The van der Waals surface area contributed by atoms with E-state index in [1.807, 2.05) is 0 Å². The van der Waals surface area contributed by atoms with Crippen LogP contribution in [0.2, 0.25) is 0 Å². The van der Waals surface area contributed by atoms with Crippen LogP contribution in [0.4, 0.5) is 0 Å². The van der Waals surface area contributed by atoms with Crippen LogP contribution < -0.4 is 5.32 Å². The molecule has 2 aliphatic rings. The van der Waals surface area contributed by atoms with E-state index >= 15 is 0 Å². The maximum atomic E-state index is 12.5. The highest BCUT2D eigenvalue weighted by molar-refractivity contribution is 5.79. The molecule has 0 spiro atoms. The van der Waals surface area contributed by atoms with E-state index in [1.165, 1.54) is 5.56 Å². The zero-order chi connectivity index (χ0) is 15.4. The average Bonchev–Trinajstić information content (AvgIpc) is 3.06. The molecule has 1 amide bonds. The third-order valence-electron chi connectivity index (χ3n) is 4.94. The van der Waals surface area contributed by atoms with Gasteiger partial charge in [0.15, 0.2) is 0 Å². The summed E-state index contributed by atoms with van der Waals surface area (Å²) in [5.74, 6) is 0.283. The molecule has 0 saturated carbocycles. The van der Waals surface area contributed by atoms with Crippen molar-refractivity contribution in [1.82, 2.24) is 15.1 Å². The number of carbonyl (C=O) groups is 1. The second-order valence-electron chi connectivity index (χ2n) is 6.42. The van der Waals surface area contributed by atoms with Crippen LogP contribution in [0.1, 0.15) is 24.5 Å². The number of nitrogens with one attached hydrogen (secondary N) is 1. The van der Waals surface area contributed by atoms with Crippen LogP contribution in [0.5, 0.6) is 0 Å². The molecule has 1 N–H and O–H groups in total. The van der Waals surface area contributed by atoms with E-state index in [0.29, 0.717) is 12.5 Å². The van der Waals surface area contributed by atoms with Gasteiger partial charge in [0.25, 0.3) is 0 Å². The highest BCUT2D eigenvalue weighted by Gasteiger charge is 2.30. The number of likely N-dealkylation sites (tertiary alicyclic amines) is 1. The van der Waals surface area contributed by atoms with Gasteiger partial charge in [0.2, 0.25) is 5.91 Å². The van der Waals surface area contributed by atoms with E-state index in [1.54, 1.807) is 0 Å². The number of amides is 1. The summed E-state index contributed by atoms with van der Waals surface area (Å²) in [5, 5.41) is 3.39. The van der Waals surface area contributed by atoms with Crippen LogP contribution in [0, 0.1) is 0 Å². The van der Waals surface area contributed by atoms with Gasteiger partial charge in [-0.15, -0.1) is 0 Å². The fourth-order valence-electron chi connectivity index (χ4n) is 3.56. The molecule has 1 unspecified atom stereocenters. The molecule has 3 rings (SSSR count). The summed E-state index contributed by atoms with van der Waals surface area (Å²) >= 11 is 0. The minimum atomic E-state index is 0.283. The van der Waals surface area contributed by atoms with E-state index in [2.05, 4.69) is 46.3 Å². The van der Waals surface area contributed by atoms with Gasteiger partial charge in [0, 0.05) is 45.3 Å². The first-order chi connectivity index (χ1) is 10.8. The molecule has 120 valence electrons. The summed E-state index contributed by atoms with van der Waals surface area (Å²) in [5.41, 5.74) is 2.46. The average molecular weight is 301 g/mol. The van der Waals surface area contributed by atoms with Gasteiger partial charge >= 0.3 is 0 Å². The van der Waals surface area contributed by atoms with Gasteiger partial charge < -0.3 is 10.2 Å². The van der Waals surface area contributed by atoms with Crippen molar-refractivity contribution in [3.05, 3.63) is 35.4 Å². The predicted octanol–water partition coefficient (Wildman–Crippen LogP) is 1.30. The number of hydrogen-bond acceptors (Lipinski definition) is 3. The van der Waals surface area contributed by atoms with Crippen molar-refractivity contribution in [2.24, 2.45) is 0 Å². The van der Waals surface area contributed by atoms with Gasteiger partial charge in [-0.1, -0.05) is 31.2 Å². The highest BCUT2D eigenvalue weighted by atomic mass is 16.2. The topological polar surface area (TPSA) is 35.6 Å². The minimum absolute atomic E-state index is 0.283. The first-order valence-corrected chi connectivity index (χ1v) is 8.56. The lowest BCUT2D eigenvalue weighted by Gasteiger charge is -2.32. The molecule has 1 aromatic rings. The number of hydrogen-bond donors (Lipinski definition) is 1. The van der Waals surface area contributed by atoms with Gasteiger partial charge in [0.05, 0.1) is 6.42 Å². The lowest BCUT2D eigenvalue weighted by Crippen LogP contribution is -2.49. The molecule has 2 heterocycles. The Morgan fingerprint density at radius 2 is 2.00 bits per heavy atom. The molecule has 2 fully saturated rings. The molecular formula is C18H27N3O. The van der Waals surface area contributed by atoms with Crippen molar-refractivity contribution in [2.45, 2.75) is 32.2 Å². The number of rotatable bonds is 4. The zero-order valence-corrected chi connectivity index (χ0v) is 13.6. The first kappa shape index (κ1) is 15.5. The number of aryl methyl sites for hydroxylation is 1. The zero-order valence-electron chi connectivity index (χ0n) is 13.6. The fraction of sp³-hybridized carbons (Fsp3) is 0.611. The van der Waals surface area contributed by atoms with E-state index in [9.17, 15) is 4.79 Å². The third kappa shape index (κ3) is 3.68. The number of piperazine rings is 1. The lowest BCUT2D eigenvalue weighted by atomic mass is 10.1.